The number of carbonyl (C=O) groups excluding carboxylic acids is 1. The molecule has 0 aliphatic carbocycles. The number of benzene rings is 1. The van der Waals surface area contributed by atoms with E-state index < -0.39 is 0 Å². The van der Waals surface area contributed by atoms with Crippen molar-refractivity contribution in [2.75, 3.05) is 28.6 Å². The van der Waals surface area contributed by atoms with Gasteiger partial charge in [-0.05, 0) is 31.0 Å². The number of hydrogen-bond acceptors (Lipinski definition) is 9. The molecule has 3 aromatic rings. The maximum atomic E-state index is 11.3. The number of hydrogen-bond donors (Lipinski definition) is 2. The molecular formula is C20H24N8O2. The predicted molar refractivity (Wildman–Crippen MR) is 112 cm³/mol. The molecule has 0 saturated carbocycles. The maximum Gasteiger partial charge on any atom is 0.231 e. The van der Waals surface area contributed by atoms with Gasteiger partial charge in [0.2, 0.25) is 23.7 Å². The molecule has 3 heterocycles. The summed E-state index contributed by atoms with van der Waals surface area (Å²) in [4.78, 5) is 31.0. The lowest BCUT2D eigenvalue weighted by Gasteiger charge is -2.30. The summed E-state index contributed by atoms with van der Waals surface area (Å²) in [5.41, 5.74) is 1.47. The van der Waals surface area contributed by atoms with Crippen LogP contribution in [-0.2, 0) is 11.2 Å². The molecule has 1 saturated heterocycles. The SMILES string of the molecule is CCc1noc(C2CCCN(c3ncnc(Nc4cccc(NC(C)=O)c4)n3)C2)n1. The number of rotatable bonds is 6. The molecule has 156 valence electrons. The molecule has 30 heavy (non-hydrogen) atoms. The van der Waals surface area contributed by atoms with Gasteiger partial charge in [-0.1, -0.05) is 18.1 Å². The highest BCUT2D eigenvalue weighted by Crippen LogP contribution is 2.28. The summed E-state index contributed by atoms with van der Waals surface area (Å²) in [6, 6.07) is 7.37. The molecule has 10 nitrogen and oxygen atoms in total. The fraction of sp³-hybridized carbons (Fsp3) is 0.400. The molecule has 1 fully saturated rings. The van der Waals surface area contributed by atoms with Crippen molar-refractivity contribution >= 4 is 29.2 Å². The van der Waals surface area contributed by atoms with Crippen molar-refractivity contribution in [1.82, 2.24) is 25.1 Å². The number of aryl methyl sites for hydroxylation is 1. The third kappa shape index (κ3) is 4.70. The summed E-state index contributed by atoms with van der Waals surface area (Å²) in [6.45, 7) is 5.05. The van der Waals surface area contributed by atoms with Crippen molar-refractivity contribution in [2.45, 2.75) is 39.0 Å². The third-order valence-corrected chi connectivity index (χ3v) is 4.85. The van der Waals surface area contributed by atoms with Gasteiger partial charge in [0, 0.05) is 37.8 Å². The van der Waals surface area contributed by atoms with Crippen LogP contribution in [0, 0.1) is 0 Å². The van der Waals surface area contributed by atoms with Gasteiger partial charge in [0.15, 0.2) is 5.82 Å². The molecule has 1 unspecified atom stereocenters. The molecule has 1 atom stereocenters. The first-order chi connectivity index (χ1) is 14.6. The standard InChI is InChI=1S/C20H24N8O2/c1-3-17-25-18(30-27-17)14-6-5-9-28(11-14)20-22-12-21-19(26-20)24-16-8-4-7-15(10-16)23-13(2)29/h4,7-8,10,12,14H,3,5-6,9,11H2,1-2H3,(H,23,29)(H,21,22,24,26). The second-order valence-corrected chi connectivity index (χ2v) is 7.18. The van der Waals surface area contributed by atoms with Gasteiger partial charge in [0.25, 0.3) is 0 Å². The lowest BCUT2D eigenvalue weighted by atomic mass is 9.98. The molecule has 0 radical (unpaired) electrons. The molecule has 0 bridgehead atoms. The normalized spacial score (nSPS) is 16.3. The summed E-state index contributed by atoms with van der Waals surface area (Å²) in [5, 5.41) is 9.94. The van der Waals surface area contributed by atoms with Gasteiger partial charge in [0.05, 0.1) is 5.92 Å². The quantitative estimate of drug-likeness (QED) is 0.634. The van der Waals surface area contributed by atoms with E-state index in [1.165, 1.54) is 13.3 Å². The van der Waals surface area contributed by atoms with Crippen LogP contribution in [0.5, 0.6) is 0 Å². The molecule has 1 aromatic carbocycles. The molecule has 0 spiro atoms. The van der Waals surface area contributed by atoms with E-state index in [1.807, 2.05) is 31.2 Å². The monoisotopic (exact) mass is 408 g/mol. The van der Waals surface area contributed by atoms with Crippen LogP contribution < -0.4 is 15.5 Å². The smallest absolute Gasteiger partial charge is 0.231 e. The Balaban J connectivity index is 1.47. The molecule has 1 aliphatic rings. The van der Waals surface area contributed by atoms with E-state index in [0.29, 0.717) is 30.0 Å². The van der Waals surface area contributed by atoms with Gasteiger partial charge in [-0.15, -0.1) is 0 Å². The molecular weight excluding hydrogens is 384 g/mol. The Kier molecular flexibility index (Phi) is 5.82. The van der Waals surface area contributed by atoms with Crippen molar-refractivity contribution < 1.29 is 9.32 Å². The second-order valence-electron chi connectivity index (χ2n) is 7.18. The largest absolute Gasteiger partial charge is 0.340 e. The summed E-state index contributed by atoms with van der Waals surface area (Å²) in [5.74, 6) is 2.49. The highest BCUT2D eigenvalue weighted by molar-refractivity contribution is 5.89. The highest BCUT2D eigenvalue weighted by Gasteiger charge is 2.27. The maximum absolute atomic E-state index is 11.3. The van der Waals surface area contributed by atoms with Crippen molar-refractivity contribution in [3.63, 3.8) is 0 Å². The average molecular weight is 408 g/mol. The number of piperidine rings is 1. The predicted octanol–water partition coefficient (Wildman–Crippen LogP) is 2.90. The van der Waals surface area contributed by atoms with Crippen molar-refractivity contribution in [3.05, 3.63) is 42.3 Å². The first-order valence-electron chi connectivity index (χ1n) is 10.0. The van der Waals surface area contributed by atoms with E-state index in [1.54, 1.807) is 0 Å². The second kappa shape index (κ2) is 8.85. The van der Waals surface area contributed by atoms with E-state index in [2.05, 4.69) is 40.6 Å². The third-order valence-electron chi connectivity index (χ3n) is 4.85. The Morgan fingerprint density at radius 3 is 2.93 bits per heavy atom. The molecule has 2 aromatic heterocycles. The molecule has 1 amide bonds. The van der Waals surface area contributed by atoms with Crippen LogP contribution in [0.25, 0.3) is 0 Å². The summed E-state index contributed by atoms with van der Waals surface area (Å²) in [7, 11) is 0. The van der Waals surface area contributed by atoms with E-state index in [9.17, 15) is 4.79 Å². The van der Waals surface area contributed by atoms with Gasteiger partial charge < -0.3 is 20.1 Å². The number of aromatic nitrogens is 5. The van der Waals surface area contributed by atoms with E-state index in [-0.39, 0.29) is 11.8 Å². The molecule has 10 heteroatoms. The summed E-state index contributed by atoms with van der Waals surface area (Å²) in [6.07, 6.45) is 4.23. The minimum atomic E-state index is -0.124. The van der Waals surface area contributed by atoms with Crippen molar-refractivity contribution in [1.29, 1.82) is 0 Å². The van der Waals surface area contributed by atoms with Crippen molar-refractivity contribution in [2.24, 2.45) is 0 Å². The lowest BCUT2D eigenvalue weighted by Crippen LogP contribution is -2.35. The van der Waals surface area contributed by atoms with Crippen LogP contribution in [0.2, 0.25) is 0 Å². The lowest BCUT2D eigenvalue weighted by molar-refractivity contribution is -0.114. The first kappa shape index (κ1) is 19.7. The minimum Gasteiger partial charge on any atom is -0.340 e. The van der Waals surface area contributed by atoms with Crippen LogP contribution in [0.3, 0.4) is 0 Å². The minimum absolute atomic E-state index is 0.124. The molecule has 2 N–H and O–H groups in total. The summed E-state index contributed by atoms with van der Waals surface area (Å²) >= 11 is 0. The topological polar surface area (TPSA) is 122 Å². The van der Waals surface area contributed by atoms with Gasteiger partial charge >= 0.3 is 0 Å². The first-order valence-corrected chi connectivity index (χ1v) is 10.0. The fourth-order valence-corrected chi connectivity index (χ4v) is 3.44. The van der Waals surface area contributed by atoms with E-state index in [4.69, 9.17) is 4.52 Å². The Labute approximate surface area is 174 Å². The van der Waals surface area contributed by atoms with Gasteiger partial charge in [-0.25, -0.2) is 9.97 Å². The highest BCUT2D eigenvalue weighted by atomic mass is 16.5. The van der Waals surface area contributed by atoms with Gasteiger partial charge in [-0.3, -0.25) is 4.79 Å². The van der Waals surface area contributed by atoms with Crippen LogP contribution >= 0.6 is 0 Å². The average Bonchev–Trinajstić information content (AvgIpc) is 3.23. The van der Waals surface area contributed by atoms with Crippen molar-refractivity contribution in [3.8, 4) is 0 Å². The van der Waals surface area contributed by atoms with Crippen LogP contribution in [0.15, 0.2) is 35.1 Å². The Bertz CT molecular complexity index is 1020. The Hall–Kier alpha value is -3.56. The number of nitrogens with one attached hydrogen (secondary N) is 2. The number of amides is 1. The van der Waals surface area contributed by atoms with E-state index >= 15 is 0 Å². The van der Waals surface area contributed by atoms with Gasteiger partial charge in [-0.2, -0.15) is 9.97 Å². The summed E-state index contributed by atoms with van der Waals surface area (Å²) < 4.78 is 5.44. The zero-order valence-corrected chi connectivity index (χ0v) is 17.0. The fourth-order valence-electron chi connectivity index (χ4n) is 3.44. The van der Waals surface area contributed by atoms with Gasteiger partial charge in [0.1, 0.15) is 6.33 Å². The zero-order valence-electron chi connectivity index (χ0n) is 17.0. The van der Waals surface area contributed by atoms with E-state index in [0.717, 1.165) is 37.3 Å². The Morgan fingerprint density at radius 1 is 1.27 bits per heavy atom. The molecule has 4 rings (SSSR count). The van der Waals surface area contributed by atoms with Crippen LogP contribution in [0.4, 0.5) is 23.3 Å². The number of nitrogens with zero attached hydrogens (tertiary/aromatic N) is 6. The number of anilines is 4. The van der Waals surface area contributed by atoms with Crippen LogP contribution in [0.1, 0.15) is 44.3 Å². The number of carbonyl (C=O) groups is 1. The van der Waals surface area contributed by atoms with Crippen LogP contribution in [-0.4, -0.2) is 44.1 Å². The Morgan fingerprint density at radius 2 is 2.13 bits per heavy atom. The zero-order chi connectivity index (χ0) is 20.9. The molecule has 1 aliphatic heterocycles.